The number of carbonyl (C=O) groups excluding carboxylic acids is 1. The quantitative estimate of drug-likeness (QED) is 0.868. The summed E-state index contributed by atoms with van der Waals surface area (Å²) in [4.78, 5) is 12.3. The van der Waals surface area contributed by atoms with Crippen LogP contribution in [-0.2, 0) is 11.0 Å². The van der Waals surface area contributed by atoms with E-state index in [1.165, 1.54) is 12.1 Å². The lowest BCUT2D eigenvalue weighted by Gasteiger charge is -2.24. The van der Waals surface area contributed by atoms with Crippen molar-refractivity contribution >= 4 is 5.91 Å². The summed E-state index contributed by atoms with van der Waals surface area (Å²) >= 11 is 0. The average molecular weight is 294 g/mol. The van der Waals surface area contributed by atoms with E-state index in [0.717, 1.165) is 17.0 Å². The highest BCUT2D eigenvalue weighted by Crippen LogP contribution is 2.32. The van der Waals surface area contributed by atoms with Crippen LogP contribution in [0.2, 0.25) is 0 Å². The van der Waals surface area contributed by atoms with Crippen molar-refractivity contribution in [3.63, 3.8) is 0 Å². The largest absolute Gasteiger partial charge is 0.416 e. The van der Waals surface area contributed by atoms with E-state index in [2.05, 4.69) is 5.32 Å². The van der Waals surface area contributed by atoms with Crippen LogP contribution < -0.4 is 5.32 Å². The molecule has 2 rings (SSSR count). The topological polar surface area (TPSA) is 32.3 Å². The van der Waals surface area contributed by atoms with Gasteiger partial charge in [0.1, 0.15) is 6.17 Å². The monoisotopic (exact) mass is 294 g/mol. The van der Waals surface area contributed by atoms with Gasteiger partial charge < -0.3 is 4.90 Å². The van der Waals surface area contributed by atoms with Gasteiger partial charge in [0.2, 0.25) is 5.91 Å². The minimum Gasteiger partial charge on any atom is -0.316 e. The Morgan fingerprint density at radius 2 is 2.05 bits per heavy atom. The Hall–Kier alpha value is -1.70. The molecular formula is C12H11F5N2O. The number of hydrogen-bond donors (Lipinski definition) is 1. The molecule has 1 aromatic carbocycles. The zero-order valence-corrected chi connectivity index (χ0v) is 10.1. The van der Waals surface area contributed by atoms with E-state index in [1.807, 2.05) is 0 Å². The Balaban J connectivity index is 2.28. The highest BCUT2D eigenvalue weighted by atomic mass is 19.4. The molecule has 0 spiro atoms. The summed E-state index contributed by atoms with van der Waals surface area (Å²) in [5, 5.41) is 2.63. The number of rotatable bonds is 3. The van der Waals surface area contributed by atoms with Crippen LogP contribution in [0.4, 0.5) is 22.0 Å². The predicted molar refractivity (Wildman–Crippen MR) is 59.9 cm³/mol. The van der Waals surface area contributed by atoms with Gasteiger partial charge in [-0.3, -0.25) is 10.1 Å². The smallest absolute Gasteiger partial charge is 0.316 e. The van der Waals surface area contributed by atoms with Crippen molar-refractivity contribution in [3.05, 3.63) is 35.4 Å². The molecule has 1 atom stereocenters. The highest BCUT2D eigenvalue weighted by molar-refractivity contribution is 5.81. The maximum Gasteiger partial charge on any atom is 0.416 e. The Labute approximate surface area is 111 Å². The third kappa shape index (κ3) is 3.06. The number of benzene rings is 1. The standard InChI is InChI=1S/C12H11F5N2O/c13-9(14)6-19-10(20)5-18-11(19)7-2-1-3-8(4-7)12(15,16)17/h1-4,9,11,18H,5-6H2. The van der Waals surface area contributed by atoms with Crippen molar-refractivity contribution in [1.29, 1.82) is 0 Å². The first-order valence-corrected chi connectivity index (χ1v) is 5.77. The second-order valence-corrected chi connectivity index (χ2v) is 4.34. The number of halogens is 5. The molecule has 0 bridgehead atoms. The Morgan fingerprint density at radius 3 is 2.65 bits per heavy atom. The first kappa shape index (κ1) is 14.7. The maximum absolute atomic E-state index is 12.6. The molecule has 1 saturated heterocycles. The van der Waals surface area contributed by atoms with Crippen LogP contribution in [0, 0.1) is 0 Å². The van der Waals surface area contributed by atoms with Crippen molar-refractivity contribution in [1.82, 2.24) is 10.2 Å². The minimum atomic E-state index is -4.52. The first-order valence-electron chi connectivity index (χ1n) is 5.77. The minimum absolute atomic E-state index is 0.131. The van der Waals surface area contributed by atoms with Crippen LogP contribution >= 0.6 is 0 Å². The normalized spacial score (nSPS) is 20.0. The van der Waals surface area contributed by atoms with E-state index < -0.39 is 36.8 Å². The summed E-state index contributed by atoms with van der Waals surface area (Å²) < 4.78 is 62.7. The molecule has 1 amide bonds. The number of nitrogens with zero attached hydrogens (tertiary/aromatic N) is 1. The van der Waals surface area contributed by atoms with Gasteiger partial charge in [-0.05, 0) is 17.7 Å². The number of amides is 1. The fourth-order valence-corrected chi connectivity index (χ4v) is 2.08. The molecule has 1 N–H and O–H groups in total. The van der Waals surface area contributed by atoms with Crippen molar-refractivity contribution in [2.45, 2.75) is 18.8 Å². The molecule has 1 heterocycles. The number of hydrogen-bond acceptors (Lipinski definition) is 2. The van der Waals surface area contributed by atoms with E-state index >= 15 is 0 Å². The lowest BCUT2D eigenvalue weighted by molar-refractivity contribution is -0.137. The van der Waals surface area contributed by atoms with Crippen LogP contribution in [0.25, 0.3) is 0 Å². The van der Waals surface area contributed by atoms with Gasteiger partial charge in [-0.1, -0.05) is 12.1 Å². The molecule has 0 aliphatic carbocycles. The zero-order valence-electron chi connectivity index (χ0n) is 10.1. The predicted octanol–water partition coefficient (Wildman–Crippen LogP) is 2.40. The molecule has 8 heteroatoms. The van der Waals surface area contributed by atoms with Crippen molar-refractivity contribution in [2.75, 3.05) is 13.1 Å². The molecular weight excluding hydrogens is 283 g/mol. The van der Waals surface area contributed by atoms with Gasteiger partial charge in [-0.25, -0.2) is 8.78 Å². The second-order valence-electron chi connectivity index (χ2n) is 4.34. The van der Waals surface area contributed by atoms with Crippen LogP contribution in [0.15, 0.2) is 24.3 Å². The van der Waals surface area contributed by atoms with Gasteiger partial charge in [-0.2, -0.15) is 13.2 Å². The summed E-state index contributed by atoms with van der Waals surface area (Å²) in [5.74, 6) is -0.562. The molecule has 110 valence electrons. The van der Waals surface area contributed by atoms with Crippen molar-refractivity contribution in [2.24, 2.45) is 0 Å². The summed E-state index contributed by atoms with van der Waals surface area (Å²) in [6.07, 6.45) is -8.22. The lowest BCUT2D eigenvalue weighted by Crippen LogP contribution is -2.34. The molecule has 0 radical (unpaired) electrons. The number of alkyl halides is 5. The molecule has 1 aromatic rings. The molecule has 0 saturated carbocycles. The Bertz CT molecular complexity index is 503. The zero-order chi connectivity index (χ0) is 14.9. The van der Waals surface area contributed by atoms with E-state index in [9.17, 15) is 26.7 Å². The van der Waals surface area contributed by atoms with Crippen molar-refractivity contribution in [3.8, 4) is 0 Å². The van der Waals surface area contributed by atoms with Crippen LogP contribution in [0.3, 0.4) is 0 Å². The SMILES string of the molecule is O=C1CNC(c2cccc(C(F)(F)F)c2)N1CC(F)F. The van der Waals surface area contributed by atoms with Gasteiger partial charge in [0.05, 0.1) is 18.7 Å². The van der Waals surface area contributed by atoms with Gasteiger partial charge in [0, 0.05) is 0 Å². The van der Waals surface area contributed by atoms with Crippen LogP contribution in [0.5, 0.6) is 0 Å². The van der Waals surface area contributed by atoms with Crippen LogP contribution in [0.1, 0.15) is 17.3 Å². The Morgan fingerprint density at radius 1 is 1.35 bits per heavy atom. The fraction of sp³-hybridized carbons (Fsp3) is 0.417. The third-order valence-corrected chi connectivity index (χ3v) is 2.94. The molecule has 20 heavy (non-hydrogen) atoms. The summed E-state index contributed by atoms with van der Waals surface area (Å²) in [7, 11) is 0. The summed E-state index contributed by atoms with van der Waals surface area (Å²) in [6.45, 7) is -0.986. The summed E-state index contributed by atoms with van der Waals surface area (Å²) in [6, 6.07) is 4.29. The third-order valence-electron chi connectivity index (χ3n) is 2.94. The molecule has 0 aromatic heterocycles. The molecule has 1 aliphatic rings. The van der Waals surface area contributed by atoms with E-state index in [0.29, 0.717) is 0 Å². The van der Waals surface area contributed by atoms with E-state index in [-0.39, 0.29) is 12.1 Å². The number of nitrogens with one attached hydrogen (secondary N) is 1. The molecule has 1 aliphatic heterocycles. The first-order chi connectivity index (χ1) is 9.29. The van der Waals surface area contributed by atoms with Gasteiger partial charge >= 0.3 is 6.18 Å². The Kier molecular flexibility index (Phi) is 3.94. The summed E-state index contributed by atoms with van der Waals surface area (Å²) in [5.41, 5.74) is -0.750. The molecule has 3 nitrogen and oxygen atoms in total. The number of carbonyl (C=O) groups is 1. The van der Waals surface area contributed by atoms with Crippen LogP contribution in [-0.4, -0.2) is 30.3 Å². The van der Waals surface area contributed by atoms with E-state index in [4.69, 9.17) is 0 Å². The van der Waals surface area contributed by atoms with Gasteiger partial charge in [-0.15, -0.1) is 0 Å². The second kappa shape index (κ2) is 5.35. The molecule has 1 fully saturated rings. The highest BCUT2D eigenvalue weighted by Gasteiger charge is 2.35. The fourth-order valence-electron chi connectivity index (χ4n) is 2.08. The van der Waals surface area contributed by atoms with Gasteiger partial charge in [0.25, 0.3) is 6.43 Å². The van der Waals surface area contributed by atoms with Gasteiger partial charge in [0.15, 0.2) is 0 Å². The van der Waals surface area contributed by atoms with Crippen molar-refractivity contribution < 1.29 is 26.7 Å². The van der Waals surface area contributed by atoms with E-state index in [1.54, 1.807) is 0 Å². The average Bonchev–Trinajstić information content (AvgIpc) is 2.70. The lowest BCUT2D eigenvalue weighted by atomic mass is 10.1. The maximum atomic E-state index is 12.6. The molecule has 1 unspecified atom stereocenters.